The van der Waals surface area contributed by atoms with Crippen LogP contribution in [0, 0.1) is 0 Å². The zero-order chi connectivity index (χ0) is 23.2. The highest BCUT2D eigenvalue weighted by Crippen LogP contribution is 2.18. The van der Waals surface area contributed by atoms with Crippen LogP contribution in [-0.4, -0.2) is 29.5 Å². The predicted octanol–water partition coefficient (Wildman–Crippen LogP) is 3.61. The minimum absolute atomic E-state index is 0.0945. The van der Waals surface area contributed by atoms with Gasteiger partial charge in [-0.1, -0.05) is 73.5 Å². The number of rotatable bonds is 13. The fraction of sp³-hybridized carbons (Fsp3) is 0.400. The lowest BCUT2D eigenvalue weighted by molar-refractivity contribution is -0.129. The van der Waals surface area contributed by atoms with Gasteiger partial charge in [-0.05, 0) is 30.9 Å². The maximum atomic E-state index is 13.0. The maximum Gasteiger partial charge on any atom is 0.243 e. The van der Waals surface area contributed by atoms with Crippen molar-refractivity contribution in [1.82, 2.24) is 16.1 Å². The van der Waals surface area contributed by atoms with Gasteiger partial charge in [-0.25, -0.2) is 5.48 Å². The van der Waals surface area contributed by atoms with Crippen LogP contribution in [0.2, 0.25) is 0 Å². The number of carbonyl (C=O) groups is 3. The number of amides is 3. The highest BCUT2D eigenvalue weighted by molar-refractivity contribution is 5.85. The number of unbranched alkanes of at least 4 members (excludes halogenated alkanes) is 3. The van der Waals surface area contributed by atoms with Crippen molar-refractivity contribution in [2.45, 2.75) is 57.4 Å². The van der Waals surface area contributed by atoms with Gasteiger partial charge in [0.25, 0.3) is 0 Å². The number of carbonyl (C=O) groups excluding carboxylic acids is 3. The molecule has 0 radical (unpaired) electrons. The Morgan fingerprint density at radius 2 is 1.31 bits per heavy atom. The second kappa shape index (κ2) is 14.0. The van der Waals surface area contributed by atoms with Crippen molar-refractivity contribution in [2.75, 3.05) is 6.54 Å². The van der Waals surface area contributed by atoms with E-state index in [9.17, 15) is 14.4 Å². The average Bonchev–Trinajstić information content (AvgIpc) is 2.82. The van der Waals surface area contributed by atoms with E-state index < -0.39 is 11.8 Å². The second-order valence-electron chi connectivity index (χ2n) is 7.86. The van der Waals surface area contributed by atoms with Gasteiger partial charge in [-0.3, -0.25) is 19.6 Å². The normalized spacial score (nSPS) is 12.4. The molecule has 172 valence electrons. The van der Waals surface area contributed by atoms with Crippen LogP contribution in [-0.2, 0) is 14.4 Å². The Bertz CT molecular complexity index is 843. The quantitative estimate of drug-likeness (QED) is 0.217. The Kier molecular flexibility index (Phi) is 11.0. The van der Waals surface area contributed by atoms with Crippen LogP contribution in [0.5, 0.6) is 0 Å². The third kappa shape index (κ3) is 8.89. The second-order valence-corrected chi connectivity index (χ2v) is 7.86. The van der Waals surface area contributed by atoms with Crippen molar-refractivity contribution in [1.29, 1.82) is 0 Å². The number of hydrogen-bond acceptors (Lipinski definition) is 4. The number of nitrogens with one attached hydrogen (secondary N) is 3. The van der Waals surface area contributed by atoms with Crippen LogP contribution in [0.1, 0.15) is 68.5 Å². The molecule has 0 bridgehead atoms. The molecule has 0 saturated carbocycles. The molecule has 0 aliphatic carbocycles. The van der Waals surface area contributed by atoms with Gasteiger partial charge in [0.15, 0.2) is 0 Å². The Labute approximate surface area is 189 Å². The highest BCUT2D eigenvalue weighted by atomic mass is 16.5. The summed E-state index contributed by atoms with van der Waals surface area (Å²) in [6, 6.07) is 19.1. The summed E-state index contributed by atoms with van der Waals surface area (Å²) in [6.07, 6.45) is 3.66. The maximum absolute atomic E-state index is 13.0. The largest absolute Gasteiger partial charge is 0.355 e. The molecular weight excluding hydrogens is 406 g/mol. The van der Waals surface area contributed by atoms with Crippen molar-refractivity contribution < 1.29 is 19.6 Å². The van der Waals surface area contributed by atoms with Gasteiger partial charge >= 0.3 is 0 Å². The van der Waals surface area contributed by atoms with E-state index in [-0.39, 0.29) is 30.8 Å². The van der Waals surface area contributed by atoms with E-state index in [1.54, 1.807) is 5.48 Å². The first-order valence-corrected chi connectivity index (χ1v) is 11.1. The smallest absolute Gasteiger partial charge is 0.243 e. The predicted molar refractivity (Wildman–Crippen MR) is 123 cm³/mol. The minimum atomic E-state index is -0.483. The van der Waals surface area contributed by atoms with Crippen LogP contribution >= 0.6 is 0 Å². The average molecular weight is 440 g/mol. The van der Waals surface area contributed by atoms with Crippen LogP contribution in [0.4, 0.5) is 0 Å². The molecular formula is C25H33N3O4. The first-order valence-electron chi connectivity index (χ1n) is 11.1. The number of hydrogen-bond donors (Lipinski definition) is 4. The van der Waals surface area contributed by atoms with Crippen LogP contribution in [0.3, 0.4) is 0 Å². The topological polar surface area (TPSA) is 108 Å². The molecule has 0 fully saturated rings. The molecule has 2 aromatic rings. The third-order valence-corrected chi connectivity index (χ3v) is 5.36. The SMILES string of the molecule is CC(NC(=O)[C@H](CNC(=O)CCCCCCC(=O)NO)c1ccccc1)c1ccccc1. The summed E-state index contributed by atoms with van der Waals surface area (Å²) in [5, 5.41) is 14.4. The Morgan fingerprint density at radius 1 is 0.781 bits per heavy atom. The van der Waals surface area contributed by atoms with Crippen molar-refractivity contribution in [3.05, 3.63) is 71.8 Å². The zero-order valence-electron chi connectivity index (χ0n) is 18.5. The third-order valence-electron chi connectivity index (χ3n) is 5.36. The molecule has 0 aliphatic heterocycles. The van der Waals surface area contributed by atoms with Crippen LogP contribution in [0.15, 0.2) is 60.7 Å². The lowest BCUT2D eigenvalue weighted by atomic mass is 9.97. The first-order chi connectivity index (χ1) is 15.5. The van der Waals surface area contributed by atoms with E-state index >= 15 is 0 Å². The lowest BCUT2D eigenvalue weighted by Gasteiger charge is -2.21. The Balaban J connectivity index is 1.83. The van der Waals surface area contributed by atoms with Gasteiger partial charge < -0.3 is 10.6 Å². The van der Waals surface area contributed by atoms with Gasteiger partial charge in [0.1, 0.15) is 0 Å². The molecule has 7 heteroatoms. The van der Waals surface area contributed by atoms with E-state index in [1.807, 2.05) is 67.6 Å². The van der Waals surface area contributed by atoms with Crippen molar-refractivity contribution >= 4 is 17.7 Å². The molecule has 2 rings (SSSR count). The molecule has 4 N–H and O–H groups in total. The van der Waals surface area contributed by atoms with Crippen molar-refractivity contribution in [3.63, 3.8) is 0 Å². The summed E-state index contributed by atoms with van der Waals surface area (Å²) in [5.74, 6) is -1.10. The molecule has 2 aromatic carbocycles. The Morgan fingerprint density at radius 3 is 1.88 bits per heavy atom. The fourth-order valence-corrected chi connectivity index (χ4v) is 3.47. The van der Waals surface area contributed by atoms with E-state index in [4.69, 9.17) is 5.21 Å². The van der Waals surface area contributed by atoms with Gasteiger partial charge in [-0.15, -0.1) is 0 Å². The molecule has 3 amide bonds. The summed E-state index contributed by atoms with van der Waals surface area (Å²) in [7, 11) is 0. The van der Waals surface area contributed by atoms with Crippen molar-refractivity contribution in [3.8, 4) is 0 Å². The summed E-state index contributed by atoms with van der Waals surface area (Å²) < 4.78 is 0. The molecule has 1 unspecified atom stereocenters. The monoisotopic (exact) mass is 439 g/mol. The lowest BCUT2D eigenvalue weighted by Crippen LogP contribution is -2.38. The number of hydroxylamine groups is 1. The highest BCUT2D eigenvalue weighted by Gasteiger charge is 2.23. The van der Waals surface area contributed by atoms with Gasteiger partial charge in [0, 0.05) is 19.4 Å². The summed E-state index contributed by atoms with van der Waals surface area (Å²) >= 11 is 0. The number of benzene rings is 2. The zero-order valence-corrected chi connectivity index (χ0v) is 18.5. The van der Waals surface area contributed by atoms with E-state index in [1.165, 1.54) is 0 Å². The van der Waals surface area contributed by atoms with E-state index in [2.05, 4.69) is 10.6 Å². The molecule has 7 nitrogen and oxygen atoms in total. The summed E-state index contributed by atoms with van der Waals surface area (Å²) in [6.45, 7) is 2.17. The van der Waals surface area contributed by atoms with Crippen LogP contribution < -0.4 is 16.1 Å². The molecule has 0 spiro atoms. The van der Waals surface area contributed by atoms with Crippen LogP contribution in [0.25, 0.3) is 0 Å². The molecule has 0 aliphatic rings. The molecule has 0 heterocycles. The molecule has 32 heavy (non-hydrogen) atoms. The Hall–Kier alpha value is -3.19. The van der Waals surface area contributed by atoms with E-state index in [0.717, 1.165) is 24.0 Å². The first kappa shape index (κ1) is 25.1. The molecule has 0 aromatic heterocycles. The van der Waals surface area contributed by atoms with Crippen molar-refractivity contribution in [2.24, 2.45) is 0 Å². The fourth-order valence-electron chi connectivity index (χ4n) is 3.47. The molecule has 2 atom stereocenters. The minimum Gasteiger partial charge on any atom is -0.355 e. The molecule has 0 saturated heterocycles. The van der Waals surface area contributed by atoms with Gasteiger partial charge in [-0.2, -0.15) is 0 Å². The van der Waals surface area contributed by atoms with E-state index in [0.29, 0.717) is 19.3 Å². The summed E-state index contributed by atoms with van der Waals surface area (Å²) in [5.41, 5.74) is 3.48. The summed E-state index contributed by atoms with van der Waals surface area (Å²) in [4.78, 5) is 36.3. The van der Waals surface area contributed by atoms with Gasteiger partial charge in [0.2, 0.25) is 17.7 Å². The standard InChI is InChI=1S/C25H33N3O4/c1-19(20-12-6-4-7-13-20)27-25(31)22(21-14-8-5-9-15-21)18-26-23(29)16-10-2-3-11-17-24(30)28-32/h4-9,12-15,19,22,32H,2-3,10-11,16-18H2,1H3,(H,26,29)(H,27,31)(H,28,30)/t19?,22-/m1/s1. The van der Waals surface area contributed by atoms with Gasteiger partial charge in [0.05, 0.1) is 12.0 Å².